The molecule has 0 radical (unpaired) electrons. The highest BCUT2D eigenvalue weighted by Crippen LogP contribution is 2.54. The number of carbonyl (C=O) groups is 1. The number of pyridine rings is 2. The summed E-state index contributed by atoms with van der Waals surface area (Å²) in [4.78, 5) is 42.2. The number of piperidine rings is 1. The number of fused-ring (bicyclic) bond motifs is 2. The van der Waals surface area contributed by atoms with Crippen molar-refractivity contribution in [3.8, 4) is 17.4 Å². The lowest BCUT2D eigenvalue weighted by molar-refractivity contribution is -0.384. The van der Waals surface area contributed by atoms with Gasteiger partial charge in [0, 0.05) is 48.5 Å². The molecule has 4 aliphatic heterocycles. The molecule has 19 heteroatoms. The summed E-state index contributed by atoms with van der Waals surface area (Å²) in [5, 5.41) is 15.4. The first-order valence-electron chi connectivity index (χ1n) is 22.9. The minimum Gasteiger partial charge on any atom is -0.474 e. The molecule has 5 aromatic rings. The Labute approximate surface area is 383 Å². The molecule has 3 aromatic heterocycles. The standard InChI is InChI=1S/C47H54N8O9S2/c1-29(2)35-6-3-4-7-36(35)39-8-5-17-54(39)33-25-47(26-33)14-18-53(19-15-47)32-9-10-37(41(23-32)64-34-22-31-11-16-48-44(31)49-27-34)45(56)52-66(61,62)42-24-40(55(57)58)43-46(51-42)63-28-38(50-43)30-12-20-65(59,60)21-13-30/h3-4,6-7,9-11,16,22-24,27,29-30,33,38-39,50H,5,8,12-15,17-21,25-26,28H2,1-2H3,(H,48,49)(H,52,56)/t38-,39-/m1/s1. The fourth-order valence-electron chi connectivity index (χ4n) is 11.0. The normalized spacial score (nSPS) is 22.1. The number of aromatic amines is 1. The Morgan fingerprint density at radius 1 is 1.03 bits per heavy atom. The molecule has 2 aromatic carbocycles. The van der Waals surface area contributed by atoms with Gasteiger partial charge in [-0.15, -0.1) is 0 Å². The van der Waals surface area contributed by atoms with Gasteiger partial charge >= 0.3 is 5.69 Å². The van der Waals surface area contributed by atoms with Gasteiger partial charge in [-0.2, -0.15) is 13.4 Å². The molecule has 1 aliphatic carbocycles. The molecule has 17 nitrogen and oxygen atoms in total. The van der Waals surface area contributed by atoms with Gasteiger partial charge in [0.1, 0.15) is 33.6 Å². The molecule has 10 rings (SSSR count). The lowest BCUT2D eigenvalue weighted by Gasteiger charge is -2.56. The molecule has 3 saturated heterocycles. The average Bonchev–Trinajstić information content (AvgIpc) is 3.98. The number of ether oxygens (including phenoxy) is 2. The summed E-state index contributed by atoms with van der Waals surface area (Å²) in [6.07, 6.45) is 10.8. The summed E-state index contributed by atoms with van der Waals surface area (Å²) in [7, 11) is -7.95. The molecule has 3 N–H and O–H groups in total. The van der Waals surface area contributed by atoms with Crippen molar-refractivity contribution in [1.29, 1.82) is 0 Å². The Balaban J connectivity index is 0.857. The van der Waals surface area contributed by atoms with Crippen molar-refractivity contribution < 1.29 is 36.0 Å². The van der Waals surface area contributed by atoms with E-state index in [0.29, 0.717) is 42.2 Å². The number of nitro groups is 1. The van der Waals surface area contributed by atoms with Gasteiger partial charge in [-0.25, -0.2) is 18.1 Å². The largest absolute Gasteiger partial charge is 0.474 e. The van der Waals surface area contributed by atoms with Gasteiger partial charge in [0.15, 0.2) is 10.7 Å². The Bertz CT molecular complexity index is 2910. The van der Waals surface area contributed by atoms with E-state index in [1.165, 1.54) is 49.1 Å². The highest BCUT2D eigenvalue weighted by Gasteiger charge is 2.50. The number of H-pyrrole nitrogens is 1. The van der Waals surface area contributed by atoms with E-state index in [2.05, 4.69) is 72.9 Å². The molecular formula is C47H54N8O9S2. The van der Waals surface area contributed by atoms with Crippen LogP contribution in [-0.4, -0.2) is 97.3 Å². The number of hydrogen-bond donors (Lipinski definition) is 3. The third-order valence-corrected chi connectivity index (χ3v) is 17.5. The van der Waals surface area contributed by atoms with Crippen LogP contribution in [0.3, 0.4) is 0 Å². The molecule has 1 amide bonds. The maximum absolute atomic E-state index is 14.1. The first-order chi connectivity index (χ1) is 31.6. The molecule has 0 unspecified atom stereocenters. The second-order valence-corrected chi connectivity index (χ2v) is 22.9. The van der Waals surface area contributed by atoms with Crippen molar-refractivity contribution in [2.75, 3.05) is 48.0 Å². The number of carbonyl (C=O) groups excluding carboxylic acids is 1. The zero-order valence-electron chi connectivity index (χ0n) is 36.9. The lowest BCUT2D eigenvalue weighted by Crippen LogP contribution is -2.54. The van der Waals surface area contributed by atoms with Gasteiger partial charge in [0.05, 0.1) is 40.3 Å². The molecule has 66 heavy (non-hydrogen) atoms. The molecule has 348 valence electrons. The first-order valence-corrected chi connectivity index (χ1v) is 26.2. The van der Waals surface area contributed by atoms with Gasteiger partial charge in [-0.05, 0) is 111 Å². The number of anilines is 2. The van der Waals surface area contributed by atoms with Gasteiger partial charge in [-0.3, -0.25) is 19.8 Å². The number of sulfone groups is 1. The van der Waals surface area contributed by atoms with Crippen molar-refractivity contribution in [3.05, 3.63) is 99.9 Å². The Morgan fingerprint density at radius 3 is 2.56 bits per heavy atom. The van der Waals surface area contributed by atoms with E-state index in [1.54, 1.807) is 24.4 Å². The van der Waals surface area contributed by atoms with Gasteiger partial charge in [-0.1, -0.05) is 38.1 Å². The third-order valence-electron chi connectivity index (χ3n) is 14.6. The predicted octanol–water partition coefficient (Wildman–Crippen LogP) is 7.48. The highest BCUT2D eigenvalue weighted by atomic mass is 32.2. The quantitative estimate of drug-likeness (QED) is 0.0864. The summed E-state index contributed by atoms with van der Waals surface area (Å²) in [5.41, 5.74) is 3.86. The predicted molar refractivity (Wildman–Crippen MR) is 249 cm³/mol. The van der Waals surface area contributed by atoms with Crippen molar-refractivity contribution in [3.63, 3.8) is 0 Å². The van der Waals surface area contributed by atoms with Crippen LogP contribution >= 0.6 is 0 Å². The molecule has 1 saturated carbocycles. The van der Waals surface area contributed by atoms with E-state index >= 15 is 0 Å². The zero-order chi connectivity index (χ0) is 46.0. The van der Waals surface area contributed by atoms with E-state index in [4.69, 9.17) is 9.47 Å². The smallest absolute Gasteiger partial charge is 0.300 e. The fraction of sp³-hybridized carbons (Fsp3) is 0.468. The second kappa shape index (κ2) is 17.1. The molecule has 1 spiro atoms. The highest BCUT2D eigenvalue weighted by molar-refractivity contribution is 7.91. The number of amides is 1. The number of likely N-dealkylation sites (tertiary alicyclic amines) is 1. The van der Waals surface area contributed by atoms with Gasteiger partial charge < -0.3 is 24.7 Å². The summed E-state index contributed by atoms with van der Waals surface area (Å²) < 4.78 is 65.9. The number of hydrogen-bond acceptors (Lipinski definition) is 14. The van der Waals surface area contributed by atoms with Crippen LogP contribution in [0.4, 0.5) is 17.1 Å². The number of rotatable bonds is 11. The molecular weight excluding hydrogens is 885 g/mol. The molecule has 2 atom stereocenters. The second-order valence-electron chi connectivity index (χ2n) is 19.0. The molecule has 4 fully saturated rings. The van der Waals surface area contributed by atoms with Crippen LogP contribution in [0.15, 0.2) is 78.1 Å². The van der Waals surface area contributed by atoms with Crippen molar-refractivity contribution >= 4 is 53.9 Å². The Kier molecular flexibility index (Phi) is 11.4. The van der Waals surface area contributed by atoms with Crippen molar-refractivity contribution in [2.24, 2.45) is 11.3 Å². The van der Waals surface area contributed by atoms with E-state index < -0.39 is 47.4 Å². The topological polar surface area (TPSA) is 219 Å². The van der Waals surface area contributed by atoms with Crippen LogP contribution in [0.5, 0.6) is 17.4 Å². The lowest BCUT2D eigenvalue weighted by atomic mass is 9.59. The van der Waals surface area contributed by atoms with Crippen LogP contribution in [0.2, 0.25) is 0 Å². The van der Waals surface area contributed by atoms with E-state index in [0.717, 1.165) is 49.6 Å². The number of benzene rings is 2. The first kappa shape index (κ1) is 44.1. The summed E-state index contributed by atoms with van der Waals surface area (Å²) in [6.45, 7) is 7.30. The van der Waals surface area contributed by atoms with Crippen LogP contribution in [-0.2, 0) is 19.9 Å². The summed E-state index contributed by atoms with van der Waals surface area (Å²) in [5.74, 6) is -0.570. The van der Waals surface area contributed by atoms with Crippen LogP contribution in [0, 0.1) is 21.4 Å². The maximum Gasteiger partial charge on any atom is 0.300 e. The average molecular weight is 939 g/mol. The number of aromatic nitrogens is 3. The fourth-order valence-corrected chi connectivity index (χ4v) is 13.5. The number of sulfonamides is 1. The van der Waals surface area contributed by atoms with Gasteiger partial charge in [0.2, 0.25) is 5.88 Å². The van der Waals surface area contributed by atoms with Crippen LogP contribution in [0.1, 0.15) is 98.7 Å². The molecule has 0 bridgehead atoms. The van der Waals surface area contributed by atoms with Gasteiger partial charge in [0.25, 0.3) is 15.9 Å². The monoisotopic (exact) mass is 938 g/mol. The van der Waals surface area contributed by atoms with Crippen LogP contribution < -0.4 is 24.4 Å². The minimum absolute atomic E-state index is 0.00264. The molecule has 5 aliphatic rings. The minimum atomic E-state index is -4.81. The maximum atomic E-state index is 14.1. The third kappa shape index (κ3) is 8.56. The van der Waals surface area contributed by atoms with E-state index in [9.17, 15) is 31.7 Å². The van der Waals surface area contributed by atoms with E-state index in [-0.39, 0.29) is 52.3 Å². The van der Waals surface area contributed by atoms with Crippen molar-refractivity contribution in [1.82, 2.24) is 24.6 Å². The van der Waals surface area contributed by atoms with Crippen LogP contribution in [0.25, 0.3) is 11.0 Å². The summed E-state index contributed by atoms with van der Waals surface area (Å²) in [6, 6.07) is 18.9. The number of nitrogens with one attached hydrogen (secondary N) is 3. The molecule has 7 heterocycles. The summed E-state index contributed by atoms with van der Waals surface area (Å²) >= 11 is 0. The van der Waals surface area contributed by atoms with E-state index in [1.807, 2.05) is 6.07 Å². The number of nitrogens with zero attached hydrogens (tertiary/aromatic N) is 5. The Hall–Kier alpha value is -5.79. The SMILES string of the molecule is CC(C)c1ccccc1[C@H]1CCCN1C1CC2(CCN(c3ccc(C(=O)NS(=O)(=O)c4cc([N+](=O)[O-])c5c(n4)OC[C@H](C4CCS(=O)(=O)CC4)N5)c(Oc4cnc5[nH]ccc5c4)c3)CC2)C1. The zero-order valence-corrected chi connectivity index (χ0v) is 38.6. The van der Waals surface area contributed by atoms with Crippen molar-refractivity contribution in [2.45, 2.75) is 94.3 Å². The Morgan fingerprint density at radius 2 is 1.80 bits per heavy atom.